The Kier molecular flexibility index (Phi) is 3.32. The summed E-state index contributed by atoms with van der Waals surface area (Å²) in [5, 5.41) is 2.21. The van der Waals surface area contributed by atoms with Gasteiger partial charge in [0.15, 0.2) is 0 Å². The van der Waals surface area contributed by atoms with Gasteiger partial charge in [0.25, 0.3) is 10.0 Å². The first kappa shape index (κ1) is 14.2. The van der Waals surface area contributed by atoms with Gasteiger partial charge in [0, 0.05) is 25.9 Å². The quantitative estimate of drug-likeness (QED) is 0.579. The Morgan fingerprint density at radius 1 is 0.739 bits per heavy atom. The summed E-state index contributed by atoms with van der Waals surface area (Å²) in [6.45, 7) is 0. The van der Waals surface area contributed by atoms with Crippen molar-refractivity contribution in [1.29, 1.82) is 0 Å². The summed E-state index contributed by atoms with van der Waals surface area (Å²) in [4.78, 5) is 0.260. The Morgan fingerprint density at radius 3 is 2.26 bits per heavy atom. The number of rotatable bonds is 3. The molecule has 0 atom stereocenters. The molecule has 0 aliphatic rings. The largest absolute Gasteiger partial charge is 0.280 e. The highest BCUT2D eigenvalue weighted by Crippen LogP contribution is 2.35. The minimum atomic E-state index is -3.56. The number of benzene rings is 3. The zero-order valence-corrected chi connectivity index (χ0v) is 13.7. The summed E-state index contributed by atoms with van der Waals surface area (Å²) in [5.74, 6) is 0. The van der Waals surface area contributed by atoms with Crippen LogP contribution in [0, 0.1) is 0 Å². The highest BCUT2D eigenvalue weighted by atomic mass is 32.2. The van der Waals surface area contributed by atoms with E-state index in [9.17, 15) is 8.42 Å². The molecule has 1 heterocycles. The molecule has 0 saturated carbocycles. The number of hydrogen-bond donors (Lipinski definition) is 1. The van der Waals surface area contributed by atoms with Crippen molar-refractivity contribution in [3.05, 3.63) is 72.8 Å². The van der Waals surface area contributed by atoms with Crippen molar-refractivity contribution < 1.29 is 8.42 Å². The van der Waals surface area contributed by atoms with Crippen LogP contribution < -0.4 is 4.72 Å². The maximum Gasteiger partial charge on any atom is 0.261 e. The molecule has 5 heteroatoms. The molecule has 0 radical (unpaired) electrons. The minimum Gasteiger partial charge on any atom is -0.280 e. The summed E-state index contributed by atoms with van der Waals surface area (Å²) < 4.78 is 29.9. The van der Waals surface area contributed by atoms with Gasteiger partial charge >= 0.3 is 0 Å². The van der Waals surface area contributed by atoms with Gasteiger partial charge in [0.1, 0.15) is 0 Å². The third kappa shape index (κ3) is 2.58. The second-order valence-electron chi connectivity index (χ2n) is 5.23. The molecule has 0 aliphatic heterocycles. The van der Waals surface area contributed by atoms with Gasteiger partial charge in [-0.05, 0) is 36.4 Å². The van der Waals surface area contributed by atoms with E-state index in [0.717, 1.165) is 15.5 Å². The van der Waals surface area contributed by atoms with Crippen LogP contribution in [0.4, 0.5) is 5.69 Å². The Labute approximate surface area is 138 Å². The van der Waals surface area contributed by atoms with E-state index in [1.54, 1.807) is 47.7 Å². The molecule has 0 fully saturated rings. The standard InChI is InChI=1S/C18H13NO2S2/c20-23(21,14-6-2-1-3-7-14)19-13-10-11-18-16(12-13)15-8-4-5-9-17(15)22-18/h1-12,19H. The average Bonchev–Trinajstić information content (AvgIpc) is 2.93. The van der Waals surface area contributed by atoms with E-state index in [4.69, 9.17) is 0 Å². The fraction of sp³-hybridized carbons (Fsp3) is 0. The molecule has 0 amide bonds. The molecule has 0 saturated heterocycles. The van der Waals surface area contributed by atoms with Crippen LogP contribution in [0.3, 0.4) is 0 Å². The van der Waals surface area contributed by atoms with Crippen molar-refractivity contribution in [3.63, 3.8) is 0 Å². The Hall–Kier alpha value is -2.37. The van der Waals surface area contributed by atoms with Crippen LogP contribution in [0.15, 0.2) is 77.7 Å². The number of fused-ring (bicyclic) bond motifs is 3. The lowest BCUT2D eigenvalue weighted by Crippen LogP contribution is -2.12. The first-order chi connectivity index (χ1) is 11.1. The minimum absolute atomic E-state index is 0.260. The zero-order chi connectivity index (χ0) is 15.9. The van der Waals surface area contributed by atoms with Crippen LogP contribution in [-0.2, 0) is 10.0 Å². The van der Waals surface area contributed by atoms with Crippen LogP contribution in [0.2, 0.25) is 0 Å². The summed E-state index contributed by atoms with van der Waals surface area (Å²) in [7, 11) is -3.56. The molecule has 1 aromatic heterocycles. The molecule has 3 aromatic carbocycles. The monoisotopic (exact) mass is 339 g/mol. The average molecular weight is 339 g/mol. The maximum absolute atomic E-state index is 12.4. The van der Waals surface area contributed by atoms with E-state index in [0.29, 0.717) is 5.69 Å². The van der Waals surface area contributed by atoms with Crippen molar-refractivity contribution in [2.75, 3.05) is 4.72 Å². The third-order valence-corrected chi connectivity index (χ3v) is 6.23. The molecule has 4 aromatic rings. The second kappa shape index (κ2) is 5.37. The van der Waals surface area contributed by atoms with Gasteiger partial charge < -0.3 is 0 Å². The van der Waals surface area contributed by atoms with E-state index in [1.807, 2.05) is 24.3 Å². The van der Waals surface area contributed by atoms with Crippen LogP contribution in [-0.4, -0.2) is 8.42 Å². The summed E-state index contributed by atoms with van der Waals surface area (Å²) in [6.07, 6.45) is 0. The molecule has 3 nitrogen and oxygen atoms in total. The fourth-order valence-electron chi connectivity index (χ4n) is 2.60. The van der Waals surface area contributed by atoms with Crippen molar-refractivity contribution in [2.45, 2.75) is 4.90 Å². The van der Waals surface area contributed by atoms with Crippen molar-refractivity contribution in [3.8, 4) is 0 Å². The molecular formula is C18H13NO2S2. The van der Waals surface area contributed by atoms with Crippen LogP contribution in [0.1, 0.15) is 0 Å². The molecule has 0 bridgehead atoms. The lowest BCUT2D eigenvalue weighted by Gasteiger charge is -2.08. The van der Waals surface area contributed by atoms with Crippen LogP contribution in [0.25, 0.3) is 20.2 Å². The predicted octanol–water partition coefficient (Wildman–Crippen LogP) is 4.86. The number of nitrogens with one attached hydrogen (secondary N) is 1. The lowest BCUT2D eigenvalue weighted by atomic mass is 10.1. The lowest BCUT2D eigenvalue weighted by molar-refractivity contribution is 0.601. The Bertz CT molecular complexity index is 1100. The topological polar surface area (TPSA) is 46.2 Å². The molecule has 114 valence electrons. The maximum atomic E-state index is 12.4. The molecular weight excluding hydrogens is 326 g/mol. The number of thiophene rings is 1. The van der Waals surface area contributed by atoms with Crippen LogP contribution in [0.5, 0.6) is 0 Å². The first-order valence-electron chi connectivity index (χ1n) is 7.13. The normalized spacial score (nSPS) is 11.8. The summed E-state index contributed by atoms with van der Waals surface area (Å²) in [6, 6.07) is 22.2. The van der Waals surface area contributed by atoms with E-state index >= 15 is 0 Å². The van der Waals surface area contributed by atoms with E-state index < -0.39 is 10.0 Å². The molecule has 23 heavy (non-hydrogen) atoms. The number of sulfonamides is 1. The van der Waals surface area contributed by atoms with Crippen molar-refractivity contribution in [1.82, 2.24) is 0 Å². The smallest absolute Gasteiger partial charge is 0.261 e. The van der Waals surface area contributed by atoms with Gasteiger partial charge in [-0.3, -0.25) is 4.72 Å². The summed E-state index contributed by atoms with van der Waals surface area (Å²) >= 11 is 1.71. The van der Waals surface area contributed by atoms with E-state index in [-0.39, 0.29) is 4.90 Å². The van der Waals surface area contributed by atoms with Gasteiger partial charge in [-0.2, -0.15) is 0 Å². The summed E-state index contributed by atoms with van der Waals surface area (Å²) in [5.41, 5.74) is 0.574. The number of hydrogen-bond acceptors (Lipinski definition) is 3. The highest BCUT2D eigenvalue weighted by molar-refractivity contribution is 7.92. The molecule has 1 N–H and O–H groups in total. The van der Waals surface area contributed by atoms with E-state index in [1.165, 1.54) is 4.70 Å². The molecule has 0 spiro atoms. The van der Waals surface area contributed by atoms with Gasteiger partial charge in [-0.15, -0.1) is 11.3 Å². The third-order valence-electron chi connectivity index (χ3n) is 3.68. The van der Waals surface area contributed by atoms with Gasteiger partial charge in [-0.25, -0.2) is 8.42 Å². The Morgan fingerprint density at radius 2 is 1.43 bits per heavy atom. The number of anilines is 1. The second-order valence-corrected chi connectivity index (χ2v) is 7.99. The molecule has 0 aliphatic carbocycles. The molecule has 4 rings (SSSR count). The molecule has 0 unspecified atom stereocenters. The zero-order valence-electron chi connectivity index (χ0n) is 12.1. The van der Waals surface area contributed by atoms with Crippen LogP contribution >= 0.6 is 11.3 Å². The van der Waals surface area contributed by atoms with Crippen molar-refractivity contribution >= 4 is 47.2 Å². The van der Waals surface area contributed by atoms with Gasteiger partial charge in [0.05, 0.1) is 4.90 Å². The van der Waals surface area contributed by atoms with E-state index in [2.05, 4.69) is 16.9 Å². The SMILES string of the molecule is O=S(=O)(Nc1ccc2sc3ccccc3c2c1)c1ccccc1. The van der Waals surface area contributed by atoms with Gasteiger partial charge in [-0.1, -0.05) is 36.4 Å². The predicted molar refractivity (Wildman–Crippen MR) is 96.6 cm³/mol. The first-order valence-corrected chi connectivity index (χ1v) is 9.43. The fourth-order valence-corrected chi connectivity index (χ4v) is 4.76. The van der Waals surface area contributed by atoms with Crippen molar-refractivity contribution in [2.24, 2.45) is 0 Å². The highest BCUT2D eigenvalue weighted by Gasteiger charge is 2.14. The van der Waals surface area contributed by atoms with Gasteiger partial charge in [0.2, 0.25) is 0 Å². The Balaban J connectivity index is 1.79.